The normalized spacial score (nSPS) is 14.3. The van der Waals surface area contributed by atoms with Crippen molar-refractivity contribution in [2.24, 2.45) is 0 Å². The number of barbiturate groups is 1. The lowest BCUT2D eigenvalue weighted by Gasteiger charge is -2.26. The van der Waals surface area contributed by atoms with Crippen molar-refractivity contribution in [2.75, 3.05) is 23.4 Å². The molecule has 0 saturated carbocycles. The monoisotopic (exact) mass is 581 g/mol. The van der Waals surface area contributed by atoms with Crippen LogP contribution in [0.2, 0.25) is 10.0 Å². The molecule has 3 aromatic rings. The second-order valence-corrected chi connectivity index (χ2v) is 9.70. The highest BCUT2D eigenvalue weighted by molar-refractivity contribution is 6.39. The van der Waals surface area contributed by atoms with Crippen molar-refractivity contribution in [1.82, 2.24) is 5.32 Å². The SMILES string of the molecule is CCOc1cc(/C=C2\C(=O)NC(=O)N(c3cccc(Cl)c3)C2=O)cc(Cl)c1OCC(=O)Nc1ccc(C)cc1C. The van der Waals surface area contributed by atoms with Gasteiger partial charge in [0.25, 0.3) is 17.7 Å². The second-order valence-electron chi connectivity index (χ2n) is 8.86. The van der Waals surface area contributed by atoms with Crippen molar-refractivity contribution >= 4 is 64.4 Å². The standard InChI is InChI=1S/C29H25Cl2N3O6/c1-4-39-24-13-18(11-21-27(36)33-29(38)34(28(21)37)20-7-5-6-19(30)14-20)12-22(31)26(24)40-15-25(35)32-23-9-8-16(2)10-17(23)3/h5-14H,4,15H2,1-3H3,(H,32,35)(H,33,36,38)/b21-11+. The van der Waals surface area contributed by atoms with Crippen molar-refractivity contribution in [3.05, 3.63) is 86.9 Å². The van der Waals surface area contributed by atoms with Gasteiger partial charge in [-0.3, -0.25) is 19.7 Å². The lowest BCUT2D eigenvalue weighted by Crippen LogP contribution is -2.54. The van der Waals surface area contributed by atoms with E-state index in [4.69, 9.17) is 32.7 Å². The largest absolute Gasteiger partial charge is 0.490 e. The molecule has 5 amide bonds. The number of anilines is 2. The van der Waals surface area contributed by atoms with Crippen LogP contribution in [-0.2, 0) is 14.4 Å². The Labute approximate surface area is 240 Å². The van der Waals surface area contributed by atoms with E-state index < -0.39 is 23.8 Å². The number of amides is 5. The molecule has 4 rings (SSSR count). The molecule has 0 spiro atoms. The van der Waals surface area contributed by atoms with Crippen molar-refractivity contribution in [3.8, 4) is 11.5 Å². The van der Waals surface area contributed by atoms with E-state index in [9.17, 15) is 19.2 Å². The zero-order chi connectivity index (χ0) is 29.0. The van der Waals surface area contributed by atoms with E-state index in [0.717, 1.165) is 16.0 Å². The zero-order valence-corrected chi connectivity index (χ0v) is 23.4. The average Bonchev–Trinajstić information content (AvgIpc) is 2.88. The highest BCUT2D eigenvalue weighted by Crippen LogP contribution is 2.38. The van der Waals surface area contributed by atoms with Crippen LogP contribution in [0.3, 0.4) is 0 Å². The number of benzene rings is 3. The number of halogens is 2. The Morgan fingerprint density at radius 2 is 1.80 bits per heavy atom. The van der Waals surface area contributed by atoms with Crippen LogP contribution >= 0.6 is 23.2 Å². The summed E-state index contributed by atoms with van der Waals surface area (Å²) in [6.07, 6.45) is 1.28. The van der Waals surface area contributed by atoms with E-state index in [-0.39, 0.29) is 41.0 Å². The van der Waals surface area contributed by atoms with Gasteiger partial charge in [-0.1, -0.05) is 47.0 Å². The van der Waals surface area contributed by atoms with E-state index >= 15 is 0 Å². The summed E-state index contributed by atoms with van der Waals surface area (Å²) in [4.78, 5) is 51.6. The molecule has 0 atom stereocenters. The Bertz CT molecular complexity index is 1550. The number of hydrogen-bond donors (Lipinski definition) is 2. The Morgan fingerprint density at radius 1 is 1.02 bits per heavy atom. The summed E-state index contributed by atoms with van der Waals surface area (Å²) >= 11 is 12.5. The maximum absolute atomic E-state index is 13.2. The molecule has 0 aromatic heterocycles. The zero-order valence-electron chi connectivity index (χ0n) is 21.8. The topological polar surface area (TPSA) is 114 Å². The van der Waals surface area contributed by atoms with Crippen LogP contribution in [0.15, 0.2) is 60.2 Å². The number of urea groups is 1. The first-order chi connectivity index (χ1) is 19.1. The summed E-state index contributed by atoms with van der Waals surface area (Å²) in [7, 11) is 0. The van der Waals surface area contributed by atoms with Crippen LogP contribution in [0.4, 0.5) is 16.2 Å². The number of carbonyl (C=O) groups excluding carboxylic acids is 4. The number of nitrogens with zero attached hydrogens (tertiary/aromatic N) is 1. The van der Waals surface area contributed by atoms with Gasteiger partial charge in [0.1, 0.15) is 5.57 Å². The van der Waals surface area contributed by atoms with Gasteiger partial charge in [-0.25, -0.2) is 9.69 Å². The number of carbonyl (C=O) groups is 4. The van der Waals surface area contributed by atoms with Crippen LogP contribution in [0, 0.1) is 13.8 Å². The third-order valence-corrected chi connectivity index (χ3v) is 6.33. The molecule has 3 aromatic carbocycles. The molecule has 1 saturated heterocycles. The van der Waals surface area contributed by atoms with Gasteiger partial charge in [0.15, 0.2) is 18.1 Å². The first kappa shape index (κ1) is 28.7. The van der Waals surface area contributed by atoms with E-state index in [2.05, 4.69) is 10.6 Å². The number of imide groups is 2. The Morgan fingerprint density at radius 3 is 2.50 bits per heavy atom. The maximum Gasteiger partial charge on any atom is 0.335 e. The molecular formula is C29H25Cl2N3O6. The molecule has 2 N–H and O–H groups in total. The Kier molecular flexibility index (Phi) is 8.77. The minimum atomic E-state index is -0.898. The van der Waals surface area contributed by atoms with Gasteiger partial charge in [-0.15, -0.1) is 0 Å². The molecule has 1 aliphatic heterocycles. The molecular weight excluding hydrogens is 557 g/mol. The fourth-order valence-corrected chi connectivity index (χ4v) is 4.48. The highest BCUT2D eigenvalue weighted by atomic mass is 35.5. The van der Waals surface area contributed by atoms with Gasteiger partial charge in [-0.2, -0.15) is 0 Å². The van der Waals surface area contributed by atoms with Crippen molar-refractivity contribution in [3.63, 3.8) is 0 Å². The van der Waals surface area contributed by atoms with E-state index in [1.165, 1.54) is 30.3 Å². The molecule has 40 heavy (non-hydrogen) atoms. The van der Waals surface area contributed by atoms with E-state index in [1.54, 1.807) is 19.1 Å². The van der Waals surface area contributed by atoms with Crippen LogP contribution < -0.4 is 25.0 Å². The minimum absolute atomic E-state index is 0.0866. The van der Waals surface area contributed by atoms with Gasteiger partial charge < -0.3 is 14.8 Å². The summed E-state index contributed by atoms with van der Waals surface area (Å²) in [5.74, 6) is -1.78. The molecule has 206 valence electrons. The molecule has 1 aliphatic rings. The predicted molar refractivity (Wildman–Crippen MR) is 153 cm³/mol. The van der Waals surface area contributed by atoms with Gasteiger partial charge in [0.2, 0.25) is 0 Å². The third kappa shape index (κ3) is 6.44. The van der Waals surface area contributed by atoms with Crippen LogP contribution in [0.25, 0.3) is 6.08 Å². The molecule has 0 unspecified atom stereocenters. The summed E-state index contributed by atoms with van der Waals surface area (Å²) < 4.78 is 11.4. The smallest absolute Gasteiger partial charge is 0.335 e. The first-order valence-corrected chi connectivity index (χ1v) is 13.0. The predicted octanol–water partition coefficient (Wildman–Crippen LogP) is 5.69. The third-order valence-electron chi connectivity index (χ3n) is 5.81. The van der Waals surface area contributed by atoms with Crippen molar-refractivity contribution in [2.45, 2.75) is 20.8 Å². The highest BCUT2D eigenvalue weighted by Gasteiger charge is 2.37. The van der Waals surface area contributed by atoms with Gasteiger partial charge in [0, 0.05) is 10.7 Å². The Hall–Kier alpha value is -4.34. The van der Waals surface area contributed by atoms with Crippen LogP contribution in [0.1, 0.15) is 23.6 Å². The summed E-state index contributed by atoms with van der Waals surface area (Å²) in [5, 5.41) is 5.35. The lowest BCUT2D eigenvalue weighted by atomic mass is 10.1. The van der Waals surface area contributed by atoms with E-state index in [1.807, 2.05) is 32.0 Å². The average molecular weight is 582 g/mol. The molecule has 9 nitrogen and oxygen atoms in total. The van der Waals surface area contributed by atoms with E-state index in [0.29, 0.717) is 16.3 Å². The number of rotatable bonds is 8. The lowest BCUT2D eigenvalue weighted by molar-refractivity contribution is -0.122. The Balaban J connectivity index is 1.58. The molecule has 11 heteroatoms. The number of aryl methyl sites for hydroxylation is 2. The van der Waals surface area contributed by atoms with Gasteiger partial charge in [0.05, 0.1) is 17.3 Å². The van der Waals surface area contributed by atoms with Crippen LogP contribution in [0.5, 0.6) is 11.5 Å². The minimum Gasteiger partial charge on any atom is -0.490 e. The summed E-state index contributed by atoms with van der Waals surface area (Å²) in [6, 6.07) is 13.8. The van der Waals surface area contributed by atoms with Crippen LogP contribution in [-0.4, -0.2) is 37.0 Å². The second kappa shape index (κ2) is 12.2. The quantitative estimate of drug-likeness (QED) is 0.261. The fourth-order valence-electron chi connectivity index (χ4n) is 4.03. The number of hydrogen-bond acceptors (Lipinski definition) is 6. The first-order valence-electron chi connectivity index (χ1n) is 12.2. The van der Waals surface area contributed by atoms with Crippen molar-refractivity contribution < 1.29 is 28.7 Å². The molecule has 0 radical (unpaired) electrons. The summed E-state index contributed by atoms with van der Waals surface area (Å²) in [6.45, 7) is 5.51. The number of nitrogens with one attached hydrogen (secondary N) is 2. The fraction of sp³-hybridized carbons (Fsp3) is 0.172. The van der Waals surface area contributed by atoms with Gasteiger partial charge >= 0.3 is 6.03 Å². The molecule has 1 fully saturated rings. The molecule has 1 heterocycles. The molecule has 0 bridgehead atoms. The van der Waals surface area contributed by atoms with Gasteiger partial charge in [-0.05, 0) is 74.4 Å². The summed E-state index contributed by atoms with van der Waals surface area (Å²) in [5.41, 5.74) is 2.88. The molecule has 0 aliphatic carbocycles. The van der Waals surface area contributed by atoms with Crippen molar-refractivity contribution in [1.29, 1.82) is 0 Å². The maximum atomic E-state index is 13.2. The number of ether oxygens (including phenoxy) is 2.